The molecule has 3 rings (SSSR count). The van der Waals surface area contributed by atoms with Gasteiger partial charge in [-0.2, -0.15) is 0 Å². The van der Waals surface area contributed by atoms with Crippen molar-refractivity contribution in [3.63, 3.8) is 0 Å². The molecule has 1 aromatic carbocycles. The summed E-state index contributed by atoms with van der Waals surface area (Å²) in [4.78, 5) is 27.8. The van der Waals surface area contributed by atoms with Gasteiger partial charge in [-0.3, -0.25) is 9.59 Å². The lowest BCUT2D eigenvalue weighted by Crippen LogP contribution is -2.53. The first-order valence-corrected chi connectivity index (χ1v) is 12.2. The van der Waals surface area contributed by atoms with Crippen LogP contribution in [0.4, 0.5) is 4.39 Å². The quantitative estimate of drug-likeness (QED) is 0.689. The van der Waals surface area contributed by atoms with Crippen molar-refractivity contribution in [3.05, 3.63) is 35.6 Å². The summed E-state index contributed by atoms with van der Waals surface area (Å²) in [6.07, 6.45) is 8.76. The van der Waals surface area contributed by atoms with E-state index in [1.807, 2.05) is 25.7 Å². The monoisotopic (exact) mass is 445 g/mol. The van der Waals surface area contributed by atoms with Gasteiger partial charge in [-0.1, -0.05) is 31.4 Å². The molecule has 1 atom stereocenters. The molecule has 1 aromatic rings. The third-order valence-electron chi connectivity index (χ3n) is 7.26. The van der Waals surface area contributed by atoms with Crippen molar-refractivity contribution in [2.45, 2.75) is 90.1 Å². The number of hydrogen-bond acceptors (Lipinski definition) is 3. The minimum Gasteiger partial charge on any atom is -0.351 e. The molecule has 0 unspecified atom stereocenters. The third-order valence-corrected chi connectivity index (χ3v) is 7.26. The molecule has 1 aliphatic heterocycles. The maximum absolute atomic E-state index is 13.1. The van der Waals surface area contributed by atoms with E-state index < -0.39 is 6.04 Å². The Labute approximate surface area is 192 Å². The van der Waals surface area contributed by atoms with Crippen LogP contribution in [0.2, 0.25) is 0 Å². The molecular weight excluding hydrogens is 405 g/mol. The lowest BCUT2D eigenvalue weighted by Gasteiger charge is -2.48. The van der Waals surface area contributed by atoms with E-state index in [9.17, 15) is 14.0 Å². The van der Waals surface area contributed by atoms with Crippen LogP contribution in [0.25, 0.3) is 0 Å². The van der Waals surface area contributed by atoms with Gasteiger partial charge in [-0.25, -0.2) is 4.39 Å². The highest BCUT2D eigenvalue weighted by Crippen LogP contribution is 2.48. The zero-order valence-corrected chi connectivity index (χ0v) is 20.0. The number of nitrogens with zero attached hydrogens (tertiary/aromatic N) is 1. The van der Waals surface area contributed by atoms with Gasteiger partial charge in [-0.05, 0) is 81.9 Å². The Balaban J connectivity index is 1.64. The number of halogens is 1. The minimum atomic E-state index is -0.633. The van der Waals surface area contributed by atoms with Crippen molar-refractivity contribution in [2.24, 2.45) is 17.1 Å². The Bertz CT molecular complexity index is 773. The van der Waals surface area contributed by atoms with Crippen LogP contribution in [0.5, 0.6) is 0 Å². The number of likely N-dealkylation sites (tertiary alicyclic amines) is 1. The summed E-state index contributed by atoms with van der Waals surface area (Å²) in [6, 6.07) is 5.52. The van der Waals surface area contributed by atoms with E-state index in [0.29, 0.717) is 31.8 Å². The largest absolute Gasteiger partial charge is 0.351 e. The van der Waals surface area contributed by atoms with Gasteiger partial charge in [0, 0.05) is 25.0 Å². The molecule has 2 amide bonds. The first kappa shape index (κ1) is 24.7. The highest BCUT2D eigenvalue weighted by molar-refractivity contribution is 5.82. The molecule has 0 aromatic heterocycles. The zero-order chi connectivity index (χ0) is 23.4. The van der Waals surface area contributed by atoms with Crippen LogP contribution in [0, 0.1) is 17.2 Å². The summed E-state index contributed by atoms with van der Waals surface area (Å²) in [6.45, 7) is 7.34. The fourth-order valence-corrected chi connectivity index (χ4v) is 5.60. The second kappa shape index (κ2) is 10.3. The SMILES string of the molecule is CC(C)(C)NC(=O)CC1(C2CCCCC2)CCN(C(=O)[C@H](N)Cc2ccc(F)cc2)CC1. The van der Waals surface area contributed by atoms with Crippen LogP contribution in [0.15, 0.2) is 24.3 Å². The average Bonchev–Trinajstić information content (AvgIpc) is 2.74. The lowest BCUT2D eigenvalue weighted by molar-refractivity contribution is -0.137. The summed E-state index contributed by atoms with van der Waals surface area (Å²) >= 11 is 0. The van der Waals surface area contributed by atoms with Gasteiger partial charge in [0.05, 0.1) is 6.04 Å². The van der Waals surface area contributed by atoms with Crippen LogP contribution >= 0.6 is 0 Å². The molecule has 1 aliphatic carbocycles. The van der Waals surface area contributed by atoms with Crippen LogP contribution in [0.1, 0.15) is 77.7 Å². The number of benzene rings is 1. The van der Waals surface area contributed by atoms with Gasteiger partial charge < -0.3 is 16.0 Å². The fraction of sp³-hybridized carbons (Fsp3) is 0.692. The maximum Gasteiger partial charge on any atom is 0.239 e. The molecule has 0 bridgehead atoms. The molecule has 1 saturated carbocycles. The van der Waals surface area contributed by atoms with E-state index in [2.05, 4.69) is 5.32 Å². The number of nitrogens with two attached hydrogens (primary N) is 1. The van der Waals surface area contributed by atoms with Gasteiger partial charge in [0.25, 0.3) is 0 Å². The first-order chi connectivity index (χ1) is 15.1. The van der Waals surface area contributed by atoms with E-state index >= 15 is 0 Å². The predicted octanol–water partition coefficient (Wildman–Crippen LogP) is 4.19. The normalized spacial score (nSPS) is 20.6. The van der Waals surface area contributed by atoms with Gasteiger partial charge in [0.1, 0.15) is 5.82 Å². The number of amides is 2. The Morgan fingerprint density at radius 1 is 1.12 bits per heavy atom. The summed E-state index contributed by atoms with van der Waals surface area (Å²) < 4.78 is 13.1. The van der Waals surface area contributed by atoms with Crippen molar-refractivity contribution in [1.29, 1.82) is 0 Å². The van der Waals surface area contributed by atoms with Crippen molar-refractivity contribution >= 4 is 11.8 Å². The van der Waals surface area contributed by atoms with Crippen molar-refractivity contribution in [1.82, 2.24) is 10.2 Å². The van der Waals surface area contributed by atoms with Crippen LogP contribution in [-0.4, -0.2) is 41.4 Å². The highest BCUT2D eigenvalue weighted by Gasteiger charge is 2.44. The molecule has 178 valence electrons. The molecule has 1 saturated heterocycles. The number of hydrogen-bond donors (Lipinski definition) is 2. The van der Waals surface area contributed by atoms with Crippen LogP contribution in [0.3, 0.4) is 0 Å². The number of carbonyl (C=O) groups is 2. The van der Waals surface area contributed by atoms with Crippen LogP contribution in [-0.2, 0) is 16.0 Å². The average molecular weight is 446 g/mol. The van der Waals surface area contributed by atoms with Crippen molar-refractivity contribution in [2.75, 3.05) is 13.1 Å². The van der Waals surface area contributed by atoms with E-state index in [-0.39, 0.29) is 28.6 Å². The second-order valence-corrected chi connectivity index (χ2v) is 10.9. The fourth-order valence-electron chi connectivity index (χ4n) is 5.60. The summed E-state index contributed by atoms with van der Waals surface area (Å²) in [5, 5.41) is 3.15. The Hall–Kier alpha value is -1.95. The zero-order valence-electron chi connectivity index (χ0n) is 20.0. The molecule has 3 N–H and O–H groups in total. The third kappa shape index (κ3) is 6.53. The number of piperidine rings is 1. The van der Waals surface area contributed by atoms with E-state index in [0.717, 1.165) is 18.4 Å². The molecule has 2 aliphatic rings. The lowest BCUT2D eigenvalue weighted by atomic mass is 9.62. The Kier molecular flexibility index (Phi) is 7.97. The van der Waals surface area contributed by atoms with Gasteiger partial charge in [0.15, 0.2) is 0 Å². The maximum atomic E-state index is 13.1. The number of rotatable bonds is 6. The molecule has 0 spiro atoms. The molecule has 1 heterocycles. The Morgan fingerprint density at radius 2 is 1.72 bits per heavy atom. The Morgan fingerprint density at radius 3 is 2.28 bits per heavy atom. The standard InChI is InChI=1S/C26H40FN3O2/c1-25(2,3)29-23(31)18-26(20-7-5-4-6-8-20)13-15-30(16-14-26)24(32)22(28)17-19-9-11-21(27)12-10-19/h9-12,20,22H,4-8,13-18,28H2,1-3H3,(H,29,31)/t22-/m1/s1. The number of nitrogens with one attached hydrogen (secondary N) is 1. The van der Waals surface area contributed by atoms with Gasteiger partial charge >= 0.3 is 0 Å². The van der Waals surface area contributed by atoms with Crippen LogP contribution < -0.4 is 11.1 Å². The smallest absolute Gasteiger partial charge is 0.239 e. The first-order valence-electron chi connectivity index (χ1n) is 12.2. The molecule has 0 radical (unpaired) electrons. The van der Waals surface area contributed by atoms with Gasteiger partial charge in [-0.15, -0.1) is 0 Å². The molecule has 2 fully saturated rings. The van der Waals surface area contributed by atoms with Crippen molar-refractivity contribution < 1.29 is 14.0 Å². The van der Waals surface area contributed by atoms with Gasteiger partial charge in [0.2, 0.25) is 11.8 Å². The predicted molar refractivity (Wildman–Crippen MR) is 125 cm³/mol. The molecule has 5 nitrogen and oxygen atoms in total. The number of carbonyl (C=O) groups excluding carboxylic acids is 2. The molecule has 6 heteroatoms. The summed E-state index contributed by atoms with van der Waals surface area (Å²) in [7, 11) is 0. The van der Waals surface area contributed by atoms with E-state index in [1.165, 1.54) is 44.2 Å². The molecule has 32 heavy (non-hydrogen) atoms. The van der Waals surface area contributed by atoms with Crippen molar-refractivity contribution in [3.8, 4) is 0 Å². The topological polar surface area (TPSA) is 75.4 Å². The van der Waals surface area contributed by atoms with E-state index in [1.54, 1.807) is 12.1 Å². The molecular formula is C26H40FN3O2. The summed E-state index contributed by atoms with van der Waals surface area (Å²) in [5.74, 6) is 0.327. The second-order valence-electron chi connectivity index (χ2n) is 10.9. The highest BCUT2D eigenvalue weighted by atomic mass is 19.1. The summed E-state index contributed by atoms with van der Waals surface area (Å²) in [5.41, 5.74) is 6.81. The van der Waals surface area contributed by atoms with E-state index in [4.69, 9.17) is 5.73 Å². The minimum absolute atomic E-state index is 0.0341.